The molecule has 1 aliphatic carbocycles. The molecule has 3 unspecified atom stereocenters. The number of rotatable bonds is 4. The molecular weight excluding hydrogens is 217 g/mol. The van der Waals surface area contributed by atoms with Crippen molar-refractivity contribution < 1.29 is 13.2 Å². The van der Waals surface area contributed by atoms with E-state index in [1.807, 2.05) is 0 Å². The fourth-order valence-corrected chi connectivity index (χ4v) is 2.18. The highest BCUT2D eigenvalue weighted by molar-refractivity contribution is 4.90. The molecule has 0 radical (unpaired) electrons. The van der Waals surface area contributed by atoms with Crippen LogP contribution in [0.5, 0.6) is 0 Å². The van der Waals surface area contributed by atoms with Crippen molar-refractivity contribution in [2.75, 3.05) is 13.1 Å². The number of nitrogens with one attached hydrogen (secondary N) is 1. The van der Waals surface area contributed by atoms with Crippen LogP contribution < -0.4 is 5.32 Å². The van der Waals surface area contributed by atoms with Crippen LogP contribution in [0.3, 0.4) is 0 Å². The highest BCUT2D eigenvalue weighted by Crippen LogP contribution is 2.30. The van der Waals surface area contributed by atoms with Crippen LogP contribution in [0.4, 0.5) is 13.2 Å². The first-order valence-electron chi connectivity index (χ1n) is 5.60. The second-order valence-electron chi connectivity index (χ2n) is 4.67. The third kappa shape index (κ3) is 4.01. The summed E-state index contributed by atoms with van der Waals surface area (Å²) in [5.41, 5.74) is 0. The second kappa shape index (κ2) is 5.53. The predicted molar refractivity (Wildman–Crippen MR) is 54.5 cm³/mol. The Bertz CT molecular complexity index is 257. The first kappa shape index (κ1) is 13.3. The Labute approximate surface area is 93.8 Å². The molecule has 0 aliphatic heterocycles. The molecule has 1 fully saturated rings. The van der Waals surface area contributed by atoms with Gasteiger partial charge in [0.2, 0.25) is 0 Å². The summed E-state index contributed by atoms with van der Waals surface area (Å²) in [6.07, 6.45) is -1.09. The van der Waals surface area contributed by atoms with E-state index in [2.05, 4.69) is 12.2 Å². The van der Waals surface area contributed by atoms with E-state index in [9.17, 15) is 13.2 Å². The molecule has 0 amide bonds. The Balaban J connectivity index is 2.22. The summed E-state index contributed by atoms with van der Waals surface area (Å²) in [7, 11) is 0. The zero-order valence-corrected chi connectivity index (χ0v) is 9.35. The third-order valence-electron chi connectivity index (χ3n) is 3.14. The lowest BCUT2D eigenvalue weighted by Gasteiger charge is -2.16. The number of hydrogen-bond acceptors (Lipinski definition) is 2. The standard InChI is InChI=1S/C11H17F3N2/c1-8-2-3-9(4-8)6-16-7-10(5-15)11(12,13)14/h8-10,16H,2-4,6-7H2,1H3. The largest absolute Gasteiger partial charge is 0.405 e. The van der Waals surface area contributed by atoms with E-state index in [1.54, 1.807) is 0 Å². The van der Waals surface area contributed by atoms with Crippen LogP contribution in [-0.2, 0) is 0 Å². The van der Waals surface area contributed by atoms with Gasteiger partial charge in [0.1, 0.15) is 0 Å². The molecule has 0 spiro atoms. The van der Waals surface area contributed by atoms with Gasteiger partial charge in [-0.25, -0.2) is 0 Å². The Morgan fingerprint density at radius 2 is 2.12 bits per heavy atom. The van der Waals surface area contributed by atoms with E-state index in [-0.39, 0.29) is 6.54 Å². The molecule has 16 heavy (non-hydrogen) atoms. The van der Waals surface area contributed by atoms with E-state index < -0.39 is 12.1 Å². The molecule has 0 heterocycles. The molecule has 1 rings (SSSR count). The summed E-state index contributed by atoms with van der Waals surface area (Å²) in [4.78, 5) is 0. The molecular formula is C11H17F3N2. The van der Waals surface area contributed by atoms with Crippen LogP contribution in [0.15, 0.2) is 0 Å². The Hall–Kier alpha value is -0.760. The van der Waals surface area contributed by atoms with Crippen LogP contribution in [0.2, 0.25) is 0 Å². The molecule has 1 saturated carbocycles. The van der Waals surface area contributed by atoms with Crippen molar-refractivity contribution >= 4 is 0 Å². The van der Waals surface area contributed by atoms with Gasteiger partial charge in [0.25, 0.3) is 0 Å². The van der Waals surface area contributed by atoms with Gasteiger partial charge in [0, 0.05) is 6.54 Å². The van der Waals surface area contributed by atoms with Crippen LogP contribution in [0, 0.1) is 29.1 Å². The quantitative estimate of drug-likeness (QED) is 0.811. The first-order valence-corrected chi connectivity index (χ1v) is 5.60. The number of nitriles is 1. The Morgan fingerprint density at radius 1 is 1.44 bits per heavy atom. The van der Waals surface area contributed by atoms with Crippen molar-refractivity contribution in [3.8, 4) is 6.07 Å². The van der Waals surface area contributed by atoms with Gasteiger partial charge in [-0.05, 0) is 31.2 Å². The van der Waals surface area contributed by atoms with Crippen molar-refractivity contribution in [2.45, 2.75) is 32.4 Å². The minimum Gasteiger partial charge on any atom is -0.315 e. The second-order valence-corrected chi connectivity index (χ2v) is 4.67. The van der Waals surface area contributed by atoms with Crippen molar-refractivity contribution in [3.63, 3.8) is 0 Å². The summed E-state index contributed by atoms with van der Waals surface area (Å²) < 4.78 is 36.7. The van der Waals surface area contributed by atoms with Crippen molar-refractivity contribution in [2.24, 2.45) is 17.8 Å². The van der Waals surface area contributed by atoms with Crippen molar-refractivity contribution in [1.29, 1.82) is 5.26 Å². The number of nitrogens with zero attached hydrogens (tertiary/aromatic N) is 1. The summed E-state index contributed by atoms with van der Waals surface area (Å²) in [5, 5.41) is 11.1. The van der Waals surface area contributed by atoms with Gasteiger partial charge in [0.15, 0.2) is 5.92 Å². The normalized spacial score (nSPS) is 27.7. The highest BCUT2D eigenvalue weighted by Gasteiger charge is 2.39. The summed E-state index contributed by atoms with van der Waals surface area (Å²) >= 11 is 0. The third-order valence-corrected chi connectivity index (χ3v) is 3.14. The van der Waals surface area contributed by atoms with Gasteiger partial charge in [0.05, 0.1) is 6.07 Å². The molecule has 0 aromatic carbocycles. The molecule has 5 heteroatoms. The van der Waals surface area contributed by atoms with Crippen molar-refractivity contribution in [3.05, 3.63) is 0 Å². The average Bonchev–Trinajstić information content (AvgIpc) is 2.57. The predicted octanol–water partition coefficient (Wildman–Crippen LogP) is 2.71. The van der Waals surface area contributed by atoms with Gasteiger partial charge in [-0.3, -0.25) is 0 Å². The van der Waals surface area contributed by atoms with E-state index in [0.717, 1.165) is 19.3 Å². The molecule has 1 N–H and O–H groups in total. The molecule has 92 valence electrons. The van der Waals surface area contributed by atoms with Crippen LogP contribution in [0.1, 0.15) is 26.2 Å². The maximum Gasteiger partial charge on any atom is 0.405 e. The lowest BCUT2D eigenvalue weighted by atomic mass is 10.1. The van der Waals surface area contributed by atoms with Crippen LogP contribution in [-0.4, -0.2) is 19.3 Å². The van der Waals surface area contributed by atoms with Gasteiger partial charge >= 0.3 is 6.18 Å². The average molecular weight is 234 g/mol. The minimum atomic E-state index is -4.41. The van der Waals surface area contributed by atoms with Gasteiger partial charge in [-0.15, -0.1) is 0 Å². The molecule has 0 aromatic rings. The molecule has 0 bridgehead atoms. The smallest absolute Gasteiger partial charge is 0.315 e. The maximum atomic E-state index is 12.2. The molecule has 0 saturated heterocycles. The zero-order valence-electron chi connectivity index (χ0n) is 9.35. The number of alkyl halides is 3. The fourth-order valence-electron chi connectivity index (χ4n) is 2.18. The van der Waals surface area contributed by atoms with E-state index in [1.165, 1.54) is 6.07 Å². The van der Waals surface area contributed by atoms with Crippen molar-refractivity contribution in [1.82, 2.24) is 5.32 Å². The highest BCUT2D eigenvalue weighted by atomic mass is 19.4. The van der Waals surface area contributed by atoms with Gasteiger partial charge < -0.3 is 5.32 Å². The van der Waals surface area contributed by atoms with E-state index in [4.69, 9.17) is 5.26 Å². The summed E-state index contributed by atoms with van der Waals surface area (Å²) in [5.74, 6) is -0.727. The lowest BCUT2D eigenvalue weighted by molar-refractivity contribution is -0.157. The monoisotopic (exact) mass is 234 g/mol. The summed E-state index contributed by atoms with van der Waals surface area (Å²) in [6.45, 7) is 2.47. The lowest BCUT2D eigenvalue weighted by Crippen LogP contribution is -2.34. The molecule has 3 atom stereocenters. The van der Waals surface area contributed by atoms with Gasteiger partial charge in [-0.2, -0.15) is 18.4 Å². The zero-order chi connectivity index (χ0) is 12.2. The number of hydrogen-bond donors (Lipinski definition) is 1. The van der Waals surface area contributed by atoms with Crippen LogP contribution >= 0.6 is 0 Å². The van der Waals surface area contributed by atoms with E-state index >= 15 is 0 Å². The fraction of sp³-hybridized carbons (Fsp3) is 0.909. The maximum absolute atomic E-state index is 12.2. The van der Waals surface area contributed by atoms with Gasteiger partial charge in [-0.1, -0.05) is 13.3 Å². The summed E-state index contributed by atoms with van der Waals surface area (Å²) in [6, 6.07) is 1.29. The van der Waals surface area contributed by atoms with Crippen LogP contribution in [0.25, 0.3) is 0 Å². The molecule has 0 aromatic heterocycles. The van der Waals surface area contributed by atoms with E-state index in [0.29, 0.717) is 18.4 Å². The topological polar surface area (TPSA) is 35.8 Å². The first-order chi connectivity index (χ1) is 7.43. The molecule has 2 nitrogen and oxygen atoms in total. The Kier molecular flexibility index (Phi) is 4.60. The SMILES string of the molecule is CC1CCC(CNCC(C#N)C(F)(F)F)C1. The molecule has 1 aliphatic rings. The Morgan fingerprint density at radius 3 is 2.56 bits per heavy atom. The minimum absolute atomic E-state index is 0.287. The number of halogens is 3.